The molecule has 94 valence electrons. The molecule has 1 saturated heterocycles. The van der Waals surface area contributed by atoms with Gasteiger partial charge in [-0.05, 0) is 43.9 Å². The van der Waals surface area contributed by atoms with Crippen molar-refractivity contribution in [1.29, 1.82) is 0 Å². The van der Waals surface area contributed by atoms with Gasteiger partial charge in [0.2, 0.25) is 0 Å². The lowest BCUT2D eigenvalue weighted by atomic mass is 10.1. The fourth-order valence-electron chi connectivity index (χ4n) is 2.63. The van der Waals surface area contributed by atoms with E-state index in [0.717, 1.165) is 25.1 Å². The molecule has 1 aliphatic rings. The lowest BCUT2D eigenvalue weighted by molar-refractivity contribution is 0.275. The monoisotopic (exact) mass is 235 g/mol. The smallest absolute Gasteiger partial charge is 0.142 e. The highest BCUT2D eigenvalue weighted by molar-refractivity contribution is 5.61. The maximum absolute atomic E-state index is 9.11. The Morgan fingerprint density at radius 1 is 1.47 bits per heavy atom. The van der Waals surface area contributed by atoms with E-state index in [-0.39, 0.29) is 6.61 Å². The molecule has 0 aromatic heterocycles. The zero-order valence-corrected chi connectivity index (χ0v) is 10.6. The van der Waals surface area contributed by atoms with Crippen molar-refractivity contribution in [3.63, 3.8) is 0 Å². The molecule has 0 aliphatic carbocycles. The molecule has 0 radical (unpaired) electrons. The van der Waals surface area contributed by atoms with Crippen molar-refractivity contribution >= 4 is 5.69 Å². The molecule has 1 fully saturated rings. The summed E-state index contributed by atoms with van der Waals surface area (Å²) in [5, 5.41) is 9.11. The predicted molar refractivity (Wildman–Crippen MR) is 69.8 cm³/mol. The molecule has 1 aromatic carbocycles. The average molecular weight is 235 g/mol. The van der Waals surface area contributed by atoms with Crippen molar-refractivity contribution in [2.45, 2.75) is 32.2 Å². The van der Waals surface area contributed by atoms with E-state index in [1.807, 2.05) is 6.07 Å². The van der Waals surface area contributed by atoms with Gasteiger partial charge in [0, 0.05) is 19.2 Å². The molecule has 1 atom stereocenters. The van der Waals surface area contributed by atoms with Crippen LogP contribution in [0, 0.1) is 6.92 Å². The Bertz CT molecular complexity index is 378. The highest BCUT2D eigenvalue weighted by Crippen LogP contribution is 2.35. The van der Waals surface area contributed by atoms with Gasteiger partial charge in [0.05, 0.1) is 12.8 Å². The molecule has 3 heteroatoms. The first-order valence-electron chi connectivity index (χ1n) is 6.28. The minimum atomic E-state index is 0.259. The SMILES string of the molecule is COc1ccc(C)cc1N1CCCC1CCO. The third-order valence-electron chi connectivity index (χ3n) is 3.48. The average Bonchev–Trinajstić information content (AvgIpc) is 2.77. The van der Waals surface area contributed by atoms with Crippen molar-refractivity contribution < 1.29 is 9.84 Å². The van der Waals surface area contributed by atoms with E-state index in [9.17, 15) is 0 Å². The molecule has 1 heterocycles. The number of hydrogen-bond acceptors (Lipinski definition) is 3. The third-order valence-corrected chi connectivity index (χ3v) is 3.48. The van der Waals surface area contributed by atoms with Gasteiger partial charge in [-0.3, -0.25) is 0 Å². The first kappa shape index (κ1) is 12.2. The normalized spacial score (nSPS) is 19.7. The van der Waals surface area contributed by atoms with Crippen LogP contribution in [0.2, 0.25) is 0 Å². The van der Waals surface area contributed by atoms with E-state index in [1.165, 1.54) is 17.7 Å². The Labute approximate surface area is 103 Å². The van der Waals surface area contributed by atoms with Crippen LogP contribution in [0.15, 0.2) is 18.2 Å². The number of aliphatic hydroxyl groups excluding tert-OH is 1. The summed E-state index contributed by atoms with van der Waals surface area (Å²) >= 11 is 0. The lowest BCUT2D eigenvalue weighted by Crippen LogP contribution is -2.30. The summed E-state index contributed by atoms with van der Waals surface area (Å²) in [5.41, 5.74) is 2.42. The summed E-state index contributed by atoms with van der Waals surface area (Å²) in [5.74, 6) is 0.931. The standard InChI is InChI=1S/C14H21NO2/c1-11-5-6-14(17-2)13(10-11)15-8-3-4-12(15)7-9-16/h5-6,10,12,16H,3-4,7-9H2,1-2H3. The molecule has 0 saturated carbocycles. The second-order valence-electron chi connectivity index (χ2n) is 4.68. The minimum absolute atomic E-state index is 0.259. The van der Waals surface area contributed by atoms with Gasteiger partial charge < -0.3 is 14.7 Å². The number of aryl methyl sites for hydroxylation is 1. The number of hydrogen-bond donors (Lipinski definition) is 1. The third kappa shape index (κ3) is 2.55. The number of benzene rings is 1. The van der Waals surface area contributed by atoms with Gasteiger partial charge in [-0.15, -0.1) is 0 Å². The van der Waals surface area contributed by atoms with Gasteiger partial charge >= 0.3 is 0 Å². The van der Waals surface area contributed by atoms with Gasteiger partial charge in [0.25, 0.3) is 0 Å². The van der Waals surface area contributed by atoms with Gasteiger partial charge in [0.15, 0.2) is 0 Å². The van der Waals surface area contributed by atoms with Gasteiger partial charge in [-0.1, -0.05) is 6.07 Å². The zero-order chi connectivity index (χ0) is 12.3. The van der Waals surface area contributed by atoms with E-state index in [4.69, 9.17) is 9.84 Å². The Balaban J connectivity index is 2.28. The van der Waals surface area contributed by atoms with Crippen molar-refractivity contribution in [3.8, 4) is 5.75 Å². The quantitative estimate of drug-likeness (QED) is 0.869. The van der Waals surface area contributed by atoms with Crippen molar-refractivity contribution in [1.82, 2.24) is 0 Å². The summed E-state index contributed by atoms with van der Waals surface area (Å²) in [6.45, 7) is 3.42. The maximum Gasteiger partial charge on any atom is 0.142 e. The number of rotatable bonds is 4. The predicted octanol–water partition coefficient (Wildman–Crippen LogP) is 2.35. The molecule has 1 unspecified atom stereocenters. The molecule has 3 nitrogen and oxygen atoms in total. The summed E-state index contributed by atoms with van der Waals surface area (Å²) < 4.78 is 5.44. The Morgan fingerprint density at radius 3 is 3.00 bits per heavy atom. The Kier molecular flexibility index (Phi) is 3.89. The van der Waals surface area contributed by atoms with Crippen LogP contribution in [0.5, 0.6) is 5.75 Å². The molecule has 1 aliphatic heterocycles. The van der Waals surface area contributed by atoms with Gasteiger partial charge in [0.1, 0.15) is 5.75 Å². The Hall–Kier alpha value is -1.22. The second kappa shape index (κ2) is 5.41. The molecular weight excluding hydrogens is 214 g/mol. The largest absolute Gasteiger partial charge is 0.495 e. The van der Waals surface area contributed by atoms with E-state index >= 15 is 0 Å². The molecule has 1 N–H and O–H groups in total. The first-order valence-corrected chi connectivity index (χ1v) is 6.28. The molecular formula is C14H21NO2. The number of methoxy groups -OCH3 is 1. The maximum atomic E-state index is 9.11. The Morgan fingerprint density at radius 2 is 2.29 bits per heavy atom. The molecule has 1 aromatic rings. The number of nitrogens with zero attached hydrogens (tertiary/aromatic N) is 1. The van der Waals surface area contributed by atoms with Crippen molar-refractivity contribution in [2.24, 2.45) is 0 Å². The molecule has 0 bridgehead atoms. The van der Waals surface area contributed by atoms with Crippen LogP contribution in [0.1, 0.15) is 24.8 Å². The molecule has 0 spiro atoms. The van der Waals surface area contributed by atoms with E-state index in [2.05, 4.69) is 24.0 Å². The van der Waals surface area contributed by atoms with E-state index < -0.39 is 0 Å². The highest BCUT2D eigenvalue weighted by Gasteiger charge is 2.26. The van der Waals surface area contributed by atoms with E-state index in [1.54, 1.807) is 7.11 Å². The molecule has 17 heavy (non-hydrogen) atoms. The first-order chi connectivity index (χ1) is 8.26. The van der Waals surface area contributed by atoms with Crippen LogP contribution < -0.4 is 9.64 Å². The summed E-state index contributed by atoms with van der Waals surface area (Å²) in [6, 6.07) is 6.73. The zero-order valence-electron chi connectivity index (χ0n) is 10.6. The minimum Gasteiger partial charge on any atom is -0.495 e. The van der Waals surface area contributed by atoms with Crippen LogP contribution >= 0.6 is 0 Å². The fraction of sp³-hybridized carbons (Fsp3) is 0.571. The fourth-order valence-corrected chi connectivity index (χ4v) is 2.63. The lowest BCUT2D eigenvalue weighted by Gasteiger charge is -2.28. The van der Waals surface area contributed by atoms with Crippen molar-refractivity contribution in [3.05, 3.63) is 23.8 Å². The van der Waals surface area contributed by atoms with Gasteiger partial charge in [-0.25, -0.2) is 0 Å². The molecule has 2 rings (SSSR count). The van der Waals surface area contributed by atoms with Gasteiger partial charge in [-0.2, -0.15) is 0 Å². The van der Waals surface area contributed by atoms with Crippen LogP contribution in [-0.2, 0) is 0 Å². The van der Waals surface area contributed by atoms with Crippen LogP contribution in [0.3, 0.4) is 0 Å². The molecule has 0 amide bonds. The topological polar surface area (TPSA) is 32.7 Å². The van der Waals surface area contributed by atoms with Crippen LogP contribution in [0.4, 0.5) is 5.69 Å². The summed E-state index contributed by atoms with van der Waals surface area (Å²) in [4.78, 5) is 2.38. The van der Waals surface area contributed by atoms with Crippen molar-refractivity contribution in [2.75, 3.05) is 25.2 Å². The highest BCUT2D eigenvalue weighted by atomic mass is 16.5. The van der Waals surface area contributed by atoms with Crippen LogP contribution in [-0.4, -0.2) is 31.4 Å². The summed E-state index contributed by atoms with van der Waals surface area (Å²) in [7, 11) is 1.71. The second-order valence-corrected chi connectivity index (χ2v) is 4.68. The summed E-state index contributed by atoms with van der Waals surface area (Å²) in [6.07, 6.45) is 3.20. The number of anilines is 1. The number of ether oxygens (including phenoxy) is 1. The van der Waals surface area contributed by atoms with Crippen LogP contribution in [0.25, 0.3) is 0 Å². The van der Waals surface area contributed by atoms with E-state index in [0.29, 0.717) is 6.04 Å². The number of aliphatic hydroxyl groups is 1.